The number of hydrogen-bond donors (Lipinski definition) is 1. The van der Waals surface area contributed by atoms with Gasteiger partial charge in [0.15, 0.2) is 0 Å². The molecule has 0 aliphatic heterocycles. The molecule has 94 valence electrons. The molecule has 0 radical (unpaired) electrons. The van der Waals surface area contributed by atoms with Crippen molar-refractivity contribution >= 4 is 10.0 Å². The number of hydrogen-bond acceptors (Lipinski definition) is 2. The van der Waals surface area contributed by atoms with Crippen LogP contribution in [0.15, 0.2) is 0 Å². The summed E-state index contributed by atoms with van der Waals surface area (Å²) in [5.41, 5.74) is 0.0303. The largest absolute Gasteiger partial charge is 0.212 e. The SMILES string of the molecule is C#CCC(CC)NS(=O)(=O)CCC(C)(C)C. The maximum atomic E-state index is 11.7. The first-order valence-electron chi connectivity index (χ1n) is 5.63. The van der Waals surface area contributed by atoms with E-state index in [1.54, 1.807) is 0 Å². The number of sulfonamides is 1. The van der Waals surface area contributed by atoms with Crippen molar-refractivity contribution in [3.05, 3.63) is 0 Å². The second kappa shape index (κ2) is 6.27. The van der Waals surface area contributed by atoms with E-state index in [0.29, 0.717) is 12.8 Å². The van der Waals surface area contributed by atoms with Crippen molar-refractivity contribution in [3.63, 3.8) is 0 Å². The summed E-state index contributed by atoms with van der Waals surface area (Å²) in [7, 11) is -3.19. The van der Waals surface area contributed by atoms with Crippen LogP contribution in [0, 0.1) is 17.8 Å². The third-order valence-electron chi connectivity index (χ3n) is 2.32. The number of nitrogens with one attached hydrogen (secondary N) is 1. The Hall–Kier alpha value is -0.530. The lowest BCUT2D eigenvalue weighted by Gasteiger charge is -2.20. The van der Waals surface area contributed by atoms with Crippen LogP contribution in [-0.4, -0.2) is 20.2 Å². The monoisotopic (exact) mass is 245 g/mol. The van der Waals surface area contributed by atoms with Crippen LogP contribution in [0.4, 0.5) is 0 Å². The van der Waals surface area contributed by atoms with Crippen LogP contribution in [0.1, 0.15) is 47.0 Å². The standard InChI is InChI=1S/C12H23NO2S/c1-6-8-11(7-2)13-16(14,15)10-9-12(3,4)5/h1,11,13H,7-10H2,2-5H3. The van der Waals surface area contributed by atoms with Gasteiger partial charge in [0.2, 0.25) is 10.0 Å². The van der Waals surface area contributed by atoms with Gasteiger partial charge in [0.25, 0.3) is 0 Å². The number of rotatable bonds is 6. The molecule has 0 aliphatic carbocycles. The van der Waals surface area contributed by atoms with E-state index in [0.717, 1.165) is 6.42 Å². The van der Waals surface area contributed by atoms with Crippen LogP contribution >= 0.6 is 0 Å². The van der Waals surface area contributed by atoms with Crippen LogP contribution in [0.25, 0.3) is 0 Å². The Labute approximate surface area is 100 Å². The van der Waals surface area contributed by atoms with Crippen molar-refractivity contribution in [2.75, 3.05) is 5.75 Å². The predicted octanol–water partition coefficient (Wildman–Crippen LogP) is 2.14. The second-order valence-corrected chi connectivity index (χ2v) is 7.13. The molecule has 1 atom stereocenters. The minimum Gasteiger partial charge on any atom is -0.212 e. The van der Waals surface area contributed by atoms with Crippen molar-refractivity contribution in [2.45, 2.75) is 53.0 Å². The lowest BCUT2D eigenvalue weighted by Crippen LogP contribution is -2.36. The van der Waals surface area contributed by atoms with Gasteiger partial charge < -0.3 is 0 Å². The smallest absolute Gasteiger partial charge is 0.211 e. The van der Waals surface area contributed by atoms with E-state index in [2.05, 4.69) is 10.6 Å². The van der Waals surface area contributed by atoms with E-state index < -0.39 is 10.0 Å². The summed E-state index contributed by atoms with van der Waals surface area (Å²) in [5, 5.41) is 0. The fraction of sp³-hybridized carbons (Fsp3) is 0.833. The molecule has 0 aromatic carbocycles. The minimum atomic E-state index is -3.19. The molecule has 0 spiro atoms. The van der Waals surface area contributed by atoms with E-state index in [-0.39, 0.29) is 17.2 Å². The Bertz CT molecular complexity index is 333. The van der Waals surface area contributed by atoms with Gasteiger partial charge >= 0.3 is 0 Å². The van der Waals surface area contributed by atoms with Gasteiger partial charge in [-0.1, -0.05) is 27.7 Å². The molecule has 0 heterocycles. The quantitative estimate of drug-likeness (QED) is 0.729. The summed E-state index contributed by atoms with van der Waals surface area (Å²) >= 11 is 0. The molecule has 0 aliphatic rings. The molecular formula is C12H23NO2S. The topological polar surface area (TPSA) is 46.2 Å². The molecule has 1 unspecified atom stereocenters. The first-order valence-corrected chi connectivity index (χ1v) is 7.29. The first-order chi connectivity index (χ1) is 7.20. The average Bonchev–Trinajstić information content (AvgIpc) is 2.13. The molecule has 0 amide bonds. The van der Waals surface area contributed by atoms with Gasteiger partial charge in [0.05, 0.1) is 5.75 Å². The number of terminal acetylenes is 1. The highest BCUT2D eigenvalue weighted by Gasteiger charge is 2.19. The van der Waals surface area contributed by atoms with E-state index in [1.807, 2.05) is 27.7 Å². The normalized spacial score (nSPS) is 14.4. The Morgan fingerprint density at radius 2 is 1.94 bits per heavy atom. The Balaban J connectivity index is 4.30. The summed E-state index contributed by atoms with van der Waals surface area (Å²) in [6.45, 7) is 8.01. The molecule has 0 saturated carbocycles. The Morgan fingerprint density at radius 3 is 2.31 bits per heavy atom. The van der Waals surface area contributed by atoms with E-state index in [1.165, 1.54) is 0 Å². The molecule has 3 nitrogen and oxygen atoms in total. The third kappa shape index (κ3) is 7.72. The summed E-state index contributed by atoms with van der Waals surface area (Å²) < 4.78 is 26.1. The molecule has 0 aromatic heterocycles. The summed E-state index contributed by atoms with van der Waals surface area (Å²) in [6.07, 6.45) is 7.00. The highest BCUT2D eigenvalue weighted by molar-refractivity contribution is 7.89. The zero-order valence-electron chi connectivity index (χ0n) is 10.7. The molecule has 0 fully saturated rings. The van der Waals surface area contributed by atoms with Gasteiger partial charge in [-0.3, -0.25) is 0 Å². The minimum absolute atomic E-state index is 0.0303. The third-order valence-corrected chi connectivity index (χ3v) is 3.76. The van der Waals surface area contributed by atoms with Gasteiger partial charge in [-0.25, -0.2) is 13.1 Å². The molecule has 0 bridgehead atoms. The van der Waals surface area contributed by atoms with Crippen molar-refractivity contribution in [1.29, 1.82) is 0 Å². The molecule has 16 heavy (non-hydrogen) atoms. The second-order valence-electron chi connectivity index (χ2n) is 5.26. The van der Waals surface area contributed by atoms with Crippen molar-refractivity contribution in [2.24, 2.45) is 5.41 Å². The first kappa shape index (κ1) is 15.5. The van der Waals surface area contributed by atoms with Gasteiger partial charge in [-0.05, 0) is 18.3 Å². The Kier molecular flexibility index (Phi) is 6.06. The van der Waals surface area contributed by atoms with Gasteiger partial charge in [0, 0.05) is 12.5 Å². The van der Waals surface area contributed by atoms with Crippen LogP contribution in [0.5, 0.6) is 0 Å². The fourth-order valence-corrected chi connectivity index (χ4v) is 2.92. The van der Waals surface area contributed by atoms with Gasteiger partial charge in [-0.2, -0.15) is 0 Å². The highest BCUT2D eigenvalue weighted by atomic mass is 32.2. The fourth-order valence-electron chi connectivity index (χ4n) is 1.17. The molecule has 1 N–H and O–H groups in total. The van der Waals surface area contributed by atoms with Gasteiger partial charge in [-0.15, -0.1) is 12.3 Å². The van der Waals surface area contributed by atoms with E-state index in [4.69, 9.17) is 6.42 Å². The zero-order valence-corrected chi connectivity index (χ0v) is 11.5. The maximum absolute atomic E-state index is 11.7. The summed E-state index contributed by atoms with van der Waals surface area (Å²) in [5.74, 6) is 2.65. The lowest BCUT2D eigenvalue weighted by molar-refractivity contribution is 0.395. The summed E-state index contributed by atoms with van der Waals surface area (Å²) in [4.78, 5) is 0. The van der Waals surface area contributed by atoms with E-state index >= 15 is 0 Å². The predicted molar refractivity (Wildman–Crippen MR) is 68.5 cm³/mol. The zero-order chi connectivity index (χ0) is 12.8. The van der Waals surface area contributed by atoms with Crippen LogP contribution < -0.4 is 4.72 Å². The summed E-state index contributed by atoms with van der Waals surface area (Å²) in [6, 6.07) is -0.130. The van der Waals surface area contributed by atoms with E-state index in [9.17, 15) is 8.42 Å². The molecule has 0 rings (SSSR count). The molecular weight excluding hydrogens is 222 g/mol. The van der Waals surface area contributed by atoms with Crippen LogP contribution in [0.2, 0.25) is 0 Å². The van der Waals surface area contributed by atoms with Crippen molar-refractivity contribution in [1.82, 2.24) is 4.72 Å². The Morgan fingerprint density at radius 1 is 1.38 bits per heavy atom. The van der Waals surface area contributed by atoms with Gasteiger partial charge in [0.1, 0.15) is 0 Å². The lowest BCUT2D eigenvalue weighted by atomic mass is 9.94. The van der Waals surface area contributed by atoms with Crippen molar-refractivity contribution in [3.8, 4) is 12.3 Å². The van der Waals surface area contributed by atoms with Crippen LogP contribution in [0.3, 0.4) is 0 Å². The average molecular weight is 245 g/mol. The molecule has 0 saturated heterocycles. The van der Waals surface area contributed by atoms with Crippen molar-refractivity contribution < 1.29 is 8.42 Å². The highest BCUT2D eigenvalue weighted by Crippen LogP contribution is 2.19. The van der Waals surface area contributed by atoms with Crippen LogP contribution in [-0.2, 0) is 10.0 Å². The maximum Gasteiger partial charge on any atom is 0.211 e. The molecule has 0 aromatic rings. The molecule has 4 heteroatoms.